The largest absolute Gasteiger partial charge is 2.00 e. The van der Waals surface area contributed by atoms with Crippen LogP contribution in [0.25, 0.3) is 112 Å². The molecule has 12 heteroatoms. The molecule has 2 aliphatic rings. The van der Waals surface area contributed by atoms with Crippen molar-refractivity contribution in [2.75, 3.05) is 0 Å². The van der Waals surface area contributed by atoms with Crippen LogP contribution in [-0.2, 0) is 124 Å². The molecule has 0 saturated carbocycles. The maximum absolute atomic E-state index is 5.48. The van der Waals surface area contributed by atoms with Gasteiger partial charge >= 0.3 is 42.1 Å². The molecule has 12 aromatic carbocycles. The number of hydrogen-bond donors (Lipinski definition) is 0. The third-order valence-corrected chi connectivity index (χ3v) is 23.6. The zero-order chi connectivity index (χ0) is 88.2. The van der Waals surface area contributed by atoms with E-state index in [4.69, 9.17) is 19.9 Å². The topological polar surface area (TPSA) is 90.2 Å². The van der Waals surface area contributed by atoms with Crippen molar-refractivity contribution >= 4 is 0 Å². The van der Waals surface area contributed by atoms with E-state index in [1.807, 2.05) is 176 Å². The minimum absolute atomic E-state index is 0. The van der Waals surface area contributed by atoms with Gasteiger partial charge in [-0.05, 0) is 188 Å². The van der Waals surface area contributed by atoms with E-state index in [2.05, 4.69) is 351 Å². The Morgan fingerprint density at radius 1 is 0.233 bits per heavy atom. The fourth-order valence-electron chi connectivity index (χ4n) is 17.1. The predicted octanol–water partition coefficient (Wildman–Crippen LogP) is 28.7. The van der Waals surface area contributed by atoms with Gasteiger partial charge in [0.15, 0.2) is 0 Å². The van der Waals surface area contributed by atoms with Crippen LogP contribution >= 0.6 is 0 Å². The molecule has 0 saturated heterocycles. The summed E-state index contributed by atoms with van der Waals surface area (Å²) < 4.78 is 0. The molecule has 665 valence electrons. The first-order valence-electron chi connectivity index (χ1n) is 43.5. The van der Waals surface area contributed by atoms with Crippen LogP contribution in [0.15, 0.2) is 401 Å². The summed E-state index contributed by atoms with van der Waals surface area (Å²) in [5.74, 6) is 0. The van der Waals surface area contributed by atoms with Gasteiger partial charge in [-0.15, -0.1) is 251 Å². The summed E-state index contributed by atoms with van der Waals surface area (Å²) in [6.45, 7) is 22.1. The Bertz CT molecular complexity index is 6800. The van der Waals surface area contributed by atoms with Gasteiger partial charge in [-0.1, -0.05) is 234 Å². The monoisotopic (exact) mass is 2620 g/mol. The maximum atomic E-state index is 5.48. The number of benzene rings is 12. The van der Waals surface area contributed by atoms with E-state index in [1.54, 1.807) is 0 Å². The molecule has 0 N–H and O–H groups in total. The Balaban J connectivity index is 0.000000161. The van der Waals surface area contributed by atoms with Crippen molar-refractivity contribution in [2.24, 2.45) is 0 Å². The van der Waals surface area contributed by atoms with Gasteiger partial charge in [-0.3, -0.25) is 19.9 Å². The molecule has 0 atom stereocenters. The fraction of sp³-hybridized carbons (Fsp3) is 0.116. The minimum Gasteiger partial charge on any atom is -0.305 e. The van der Waals surface area contributed by atoms with Gasteiger partial charge in [0.05, 0.1) is 22.8 Å². The van der Waals surface area contributed by atoms with Gasteiger partial charge in [0, 0.05) is 78.9 Å². The summed E-state index contributed by atoms with van der Waals surface area (Å²) in [5.41, 5.74) is 35.7. The molecule has 133 heavy (non-hydrogen) atoms. The van der Waals surface area contributed by atoms with E-state index in [1.165, 1.54) is 89.0 Å². The van der Waals surface area contributed by atoms with Crippen molar-refractivity contribution < 1.29 is 102 Å². The van der Waals surface area contributed by atoms with Crippen LogP contribution in [0.1, 0.15) is 120 Å². The van der Waals surface area contributed by atoms with Gasteiger partial charge in [0.2, 0.25) is 0 Å². The normalized spacial score (nSPS) is 11.8. The average Bonchev–Trinajstić information content (AvgIpc) is 1.56. The first-order valence-corrected chi connectivity index (χ1v) is 43.5. The predicted molar refractivity (Wildman–Crippen MR) is 523 cm³/mol. The number of hydrogen-bond acceptors (Lipinski definition) is 7. The minimum atomic E-state index is -0.747. The van der Waals surface area contributed by atoms with E-state index >= 15 is 0 Å². The van der Waals surface area contributed by atoms with Crippen LogP contribution in [0.3, 0.4) is 0 Å². The molecule has 0 bridgehead atoms. The second-order valence-electron chi connectivity index (χ2n) is 34.3. The van der Waals surface area contributed by atoms with Crippen molar-refractivity contribution in [3.63, 3.8) is 0 Å². The fourth-order valence-corrected chi connectivity index (χ4v) is 17.1. The van der Waals surface area contributed by atoms with E-state index in [9.17, 15) is 0 Å². The molecule has 3 radical (unpaired) electrons. The number of pyridine rings is 7. The van der Waals surface area contributed by atoms with E-state index in [-0.39, 0.29) is 113 Å². The molecule has 2 aliphatic carbocycles. The Morgan fingerprint density at radius 2 is 0.594 bits per heavy atom. The van der Waals surface area contributed by atoms with E-state index < -0.39 is 10.8 Å². The molecular formula is C121H96Ir3N7Pt2-3. The van der Waals surface area contributed by atoms with E-state index in [0.717, 1.165) is 102 Å². The molecule has 0 spiro atoms. The zero-order valence-corrected chi connectivity index (χ0v) is 87.1. The van der Waals surface area contributed by atoms with Crippen LogP contribution in [0.4, 0.5) is 0 Å². The molecule has 19 aromatic rings. The summed E-state index contributed by atoms with van der Waals surface area (Å²) in [5, 5.41) is 0. The van der Waals surface area contributed by atoms with Gasteiger partial charge in [-0.25, -0.2) is 0 Å². The molecule has 21 rings (SSSR count). The van der Waals surface area contributed by atoms with Crippen LogP contribution in [-0.4, -0.2) is 34.9 Å². The van der Waals surface area contributed by atoms with Crippen molar-refractivity contribution in [1.29, 1.82) is 0 Å². The average molecular weight is 2610 g/mol. The summed E-state index contributed by atoms with van der Waals surface area (Å²) in [4.78, 5) is 34.5. The number of nitrogens with zero attached hydrogens (tertiary/aromatic N) is 7. The summed E-state index contributed by atoms with van der Waals surface area (Å²) in [6.07, 6.45) is 5.45. The Hall–Kier alpha value is -12.0. The van der Waals surface area contributed by atoms with Crippen molar-refractivity contribution in [1.82, 2.24) is 34.9 Å². The smallest absolute Gasteiger partial charge is 0.305 e. The van der Waals surface area contributed by atoms with Crippen LogP contribution < -0.4 is 0 Å². The van der Waals surface area contributed by atoms with Gasteiger partial charge in [-0.2, -0.15) is 0 Å². The Kier molecular flexibility index (Phi) is 34.0. The maximum Gasteiger partial charge on any atom is 2.00 e. The summed E-state index contributed by atoms with van der Waals surface area (Å²) >= 11 is 0. The molecule has 7 heterocycles. The Morgan fingerprint density at radius 3 is 0.992 bits per heavy atom. The van der Waals surface area contributed by atoms with Crippen LogP contribution in [0.5, 0.6) is 0 Å². The first-order chi connectivity index (χ1) is 62.4. The second kappa shape index (κ2) is 45.2. The quantitative estimate of drug-likeness (QED) is 0.113. The molecule has 0 fully saturated rings. The molecule has 0 unspecified atom stereocenters. The van der Waals surface area contributed by atoms with Gasteiger partial charge < -0.3 is 15.0 Å². The third kappa shape index (κ3) is 21.9. The number of fused-ring (bicyclic) bond motifs is 6. The molecule has 0 aliphatic heterocycles. The molecule has 7 nitrogen and oxygen atoms in total. The zero-order valence-electron chi connectivity index (χ0n) is 75.4. The summed E-state index contributed by atoms with van der Waals surface area (Å²) in [6, 6.07) is 154. The standard InChI is InChI=1S/C43H38N2.C35H22N2.C19H16N.2C12H10N.3Ir.2Pt/c1-41(2,3)31-23-25-33-34-26-24-32(42(4,5)6)28-36(34)43(35(33)27-31,39-21-13-19-37(44-39)29-15-9-7-10-16-29)40-22-14-20-38(45-40)30-17-11-8-12-18-30;1-3-13-25(14-4-1)31-21-11-23-33(36-31)35(34-24-12-22-32(37-34)26-15-5-2-6-16-26)29-19-9-7-17-27(29)28-18-8-10-20-30(28)35;1-14-9-10-15(2)18(12-14)16-6-5-7-17(13-16)19-8-3-4-11-20-19;1-10-6-5-9-13-12(10)11-7-3-2-4-8-11;1-10-7-8-13-12(9-10)11-5-3-2-4-6-11;;;;;/h7-15,17,19-28H,1-6H3;1-13,15,17-24H;3-6,8-13H,1-2H3;2-7,9H,1H3;2-5,7-9H,1H3;;;;;/q2*-2;3*-1;;;;2*+2. The van der Waals surface area contributed by atoms with Crippen molar-refractivity contribution in [3.05, 3.63) is 522 Å². The molecule has 0 amide bonds. The number of aryl methyl sites for hydroxylation is 4. The SMILES string of the molecule is CC(C)(C)c1ccc2c(c1)C(c1cccc(-c3[c-]cccc3)n1)(c1cccc(-c3[c-]cccc3)n1)c1cc(C(C)(C)C)ccc1-2.Cc1ccc(C)c(-c2cc[c-]c(-c3ccccn3)c2)c1.Cc1cccnc1-c1[c-]cccc1.Cc1ccnc(-c2[c-]cccc2)c1.[Ir].[Ir].[Ir].[Pt+2].[Pt+2].[c-]1ccccc1-c1cccc(C2(c3cccc(-c4[c-]cccc4)n3)c3ccccc3-c3ccccc32)n1. The number of aromatic nitrogens is 7. The molecular weight excluding hydrogens is 2520 g/mol. The summed E-state index contributed by atoms with van der Waals surface area (Å²) in [7, 11) is 0. The van der Waals surface area contributed by atoms with E-state index in [0.29, 0.717) is 0 Å². The van der Waals surface area contributed by atoms with Crippen LogP contribution in [0, 0.1) is 70.2 Å². The van der Waals surface area contributed by atoms with Crippen molar-refractivity contribution in [2.45, 2.75) is 90.9 Å². The van der Waals surface area contributed by atoms with Gasteiger partial charge in [0.1, 0.15) is 10.8 Å². The Labute approximate surface area is 853 Å². The number of rotatable bonds is 12. The second-order valence-corrected chi connectivity index (χ2v) is 34.3. The molecule has 7 aromatic heterocycles. The first kappa shape index (κ1) is 100. The third-order valence-electron chi connectivity index (χ3n) is 23.6. The van der Waals surface area contributed by atoms with Gasteiger partial charge in [0.25, 0.3) is 0 Å². The van der Waals surface area contributed by atoms with Crippen LogP contribution in [0.2, 0.25) is 0 Å². The van der Waals surface area contributed by atoms with Crippen molar-refractivity contribution in [3.8, 4) is 112 Å².